The second-order valence-corrected chi connectivity index (χ2v) is 5.05. The highest BCUT2D eigenvalue weighted by molar-refractivity contribution is 9.09. The second kappa shape index (κ2) is 4.35. The van der Waals surface area contributed by atoms with E-state index in [4.69, 9.17) is 4.42 Å². The van der Waals surface area contributed by atoms with E-state index in [1.54, 1.807) is 6.92 Å². The van der Waals surface area contributed by atoms with Crippen LogP contribution in [0.4, 0.5) is 0 Å². The molecule has 1 aliphatic rings. The van der Waals surface area contributed by atoms with E-state index in [0.717, 1.165) is 25.9 Å². The lowest BCUT2D eigenvalue weighted by Crippen LogP contribution is -2.40. The van der Waals surface area contributed by atoms with Crippen molar-refractivity contribution in [3.63, 3.8) is 0 Å². The van der Waals surface area contributed by atoms with Crippen LogP contribution >= 0.6 is 15.9 Å². The number of carbonyl (C=O) groups is 1. The Morgan fingerprint density at radius 1 is 1.73 bits per heavy atom. The largest absolute Gasteiger partial charge is 0.438 e. The number of aromatic nitrogens is 1. The van der Waals surface area contributed by atoms with Crippen LogP contribution in [0, 0.1) is 6.92 Å². The van der Waals surface area contributed by atoms with E-state index < -0.39 is 0 Å². The molecule has 1 aromatic heterocycles. The lowest BCUT2D eigenvalue weighted by molar-refractivity contribution is 0.0696. The quantitative estimate of drug-likeness (QED) is 0.735. The average molecular weight is 273 g/mol. The molecular weight excluding hydrogens is 260 g/mol. The van der Waals surface area contributed by atoms with E-state index in [1.807, 2.05) is 4.90 Å². The first-order valence-electron chi connectivity index (χ1n) is 5.02. The van der Waals surface area contributed by atoms with Gasteiger partial charge in [0.25, 0.3) is 5.91 Å². The molecule has 15 heavy (non-hydrogen) atoms. The normalized spacial score (nSPS) is 21.7. The Hall–Kier alpha value is -0.840. The van der Waals surface area contributed by atoms with Crippen molar-refractivity contribution in [1.82, 2.24) is 9.88 Å². The fourth-order valence-corrected chi connectivity index (χ4v) is 2.43. The van der Waals surface area contributed by atoms with Gasteiger partial charge in [-0.25, -0.2) is 4.98 Å². The van der Waals surface area contributed by atoms with Crippen LogP contribution in [0.2, 0.25) is 0 Å². The first kappa shape index (κ1) is 10.7. The van der Waals surface area contributed by atoms with Crippen molar-refractivity contribution < 1.29 is 9.21 Å². The number of halogens is 1. The molecule has 1 unspecified atom stereocenters. The number of nitrogens with zero attached hydrogens (tertiary/aromatic N) is 2. The maximum atomic E-state index is 12.0. The van der Waals surface area contributed by atoms with Gasteiger partial charge in [0, 0.05) is 17.9 Å². The van der Waals surface area contributed by atoms with Crippen molar-refractivity contribution in [2.75, 3.05) is 13.1 Å². The van der Waals surface area contributed by atoms with E-state index in [2.05, 4.69) is 20.9 Å². The van der Waals surface area contributed by atoms with Gasteiger partial charge in [-0.15, -0.1) is 0 Å². The van der Waals surface area contributed by atoms with Crippen molar-refractivity contribution in [2.45, 2.75) is 24.6 Å². The first-order valence-corrected chi connectivity index (χ1v) is 5.93. The van der Waals surface area contributed by atoms with Crippen molar-refractivity contribution in [2.24, 2.45) is 0 Å². The summed E-state index contributed by atoms with van der Waals surface area (Å²) in [6.07, 6.45) is 3.48. The molecule has 1 fully saturated rings. The van der Waals surface area contributed by atoms with Crippen molar-refractivity contribution in [3.8, 4) is 0 Å². The molecule has 82 valence electrons. The van der Waals surface area contributed by atoms with Gasteiger partial charge in [0.15, 0.2) is 6.39 Å². The molecule has 0 radical (unpaired) electrons. The summed E-state index contributed by atoms with van der Waals surface area (Å²) >= 11 is 3.54. The van der Waals surface area contributed by atoms with E-state index in [0.29, 0.717) is 16.3 Å². The first-order chi connectivity index (χ1) is 7.18. The summed E-state index contributed by atoms with van der Waals surface area (Å²) in [5, 5.41) is 0. The summed E-state index contributed by atoms with van der Waals surface area (Å²) < 4.78 is 5.10. The number of oxazole rings is 1. The minimum absolute atomic E-state index is 0.0471. The highest BCUT2D eigenvalue weighted by Gasteiger charge is 2.26. The van der Waals surface area contributed by atoms with Crippen LogP contribution in [0.3, 0.4) is 0 Å². The molecule has 1 aliphatic heterocycles. The zero-order chi connectivity index (χ0) is 10.8. The summed E-state index contributed by atoms with van der Waals surface area (Å²) in [6.45, 7) is 3.34. The molecule has 5 heteroatoms. The molecule has 2 rings (SSSR count). The lowest BCUT2D eigenvalue weighted by atomic mass is 10.1. The Morgan fingerprint density at radius 3 is 3.13 bits per heavy atom. The van der Waals surface area contributed by atoms with Gasteiger partial charge in [-0.2, -0.15) is 0 Å². The predicted octanol–water partition coefficient (Wildman–Crippen LogP) is 1.98. The van der Waals surface area contributed by atoms with Gasteiger partial charge < -0.3 is 9.32 Å². The topological polar surface area (TPSA) is 46.3 Å². The van der Waals surface area contributed by atoms with Gasteiger partial charge in [-0.1, -0.05) is 15.9 Å². The second-order valence-electron chi connectivity index (χ2n) is 3.76. The number of aryl methyl sites for hydroxylation is 1. The number of alkyl halides is 1. The molecule has 0 saturated carbocycles. The van der Waals surface area contributed by atoms with Gasteiger partial charge in [-0.05, 0) is 19.8 Å². The zero-order valence-corrected chi connectivity index (χ0v) is 10.2. The molecule has 0 spiro atoms. The van der Waals surface area contributed by atoms with Crippen molar-refractivity contribution in [3.05, 3.63) is 17.8 Å². The number of carbonyl (C=O) groups excluding carboxylic acids is 1. The summed E-state index contributed by atoms with van der Waals surface area (Å²) in [5.74, 6) is 0.325. The van der Waals surface area contributed by atoms with Crippen LogP contribution < -0.4 is 0 Å². The Bertz CT molecular complexity index is 364. The van der Waals surface area contributed by atoms with Crippen LogP contribution in [-0.4, -0.2) is 33.7 Å². The van der Waals surface area contributed by atoms with Crippen LogP contribution in [0.25, 0.3) is 0 Å². The summed E-state index contributed by atoms with van der Waals surface area (Å²) in [5.41, 5.74) is 0.664. The number of amides is 1. The smallest absolute Gasteiger partial charge is 0.291 e. The van der Waals surface area contributed by atoms with Crippen LogP contribution in [0.1, 0.15) is 29.1 Å². The summed E-state index contributed by atoms with van der Waals surface area (Å²) in [7, 11) is 0. The van der Waals surface area contributed by atoms with Gasteiger partial charge >= 0.3 is 0 Å². The SMILES string of the molecule is Cc1ncoc1C(=O)N1CCCC(Br)C1. The van der Waals surface area contributed by atoms with E-state index in [1.165, 1.54) is 6.39 Å². The molecular formula is C10H13BrN2O2. The zero-order valence-electron chi connectivity index (χ0n) is 8.57. The van der Waals surface area contributed by atoms with Gasteiger partial charge in [-0.3, -0.25) is 4.79 Å². The third kappa shape index (κ3) is 2.22. The van der Waals surface area contributed by atoms with E-state index in [-0.39, 0.29) is 5.91 Å². The highest BCUT2D eigenvalue weighted by Crippen LogP contribution is 2.19. The Labute approximate surface area is 96.8 Å². The monoisotopic (exact) mass is 272 g/mol. The minimum atomic E-state index is -0.0471. The standard InChI is InChI=1S/C10H13BrN2O2/c1-7-9(15-6-12-7)10(14)13-4-2-3-8(11)5-13/h6,8H,2-5H2,1H3. The molecule has 0 N–H and O–H groups in total. The van der Waals surface area contributed by atoms with Crippen LogP contribution in [0.5, 0.6) is 0 Å². The minimum Gasteiger partial charge on any atom is -0.438 e. The van der Waals surface area contributed by atoms with Gasteiger partial charge in [0.2, 0.25) is 5.76 Å². The number of likely N-dealkylation sites (tertiary alicyclic amines) is 1. The number of hydrogen-bond acceptors (Lipinski definition) is 3. The van der Waals surface area contributed by atoms with Crippen LogP contribution in [0.15, 0.2) is 10.8 Å². The highest BCUT2D eigenvalue weighted by atomic mass is 79.9. The fourth-order valence-electron chi connectivity index (χ4n) is 1.76. The molecule has 1 atom stereocenters. The Kier molecular flexibility index (Phi) is 3.09. The summed E-state index contributed by atoms with van der Waals surface area (Å²) in [6, 6.07) is 0. The van der Waals surface area contributed by atoms with Gasteiger partial charge in [0.05, 0.1) is 5.69 Å². The average Bonchev–Trinajstić information content (AvgIpc) is 2.63. The molecule has 0 bridgehead atoms. The maximum Gasteiger partial charge on any atom is 0.291 e. The third-order valence-corrected chi connectivity index (χ3v) is 3.34. The fraction of sp³-hybridized carbons (Fsp3) is 0.600. The molecule has 1 amide bonds. The molecule has 0 aliphatic carbocycles. The van der Waals surface area contributed by atoms with Crippen LogP contribution in [-0.2, 0) is 0 Å². The molecule has 1 saturated heterocycles. The maximum absolute atomic E-state index is 12.0. The third-order valence-electron chi connectivity index (χ3n) is 2.59. The number of rotatable bonds is 1. The molecule has 2 heterocycles. The molecule has 0 aromatic carbocycles. The molecule has 1 aromatic rings. The van der Waals surface area contributed by atoms with Crippen molar-refractivity contribution >= 4 is 21.8 Å². The lowest BCUT2D eigenvalue weighted by Gasteiger charge is -2.29. The Balaban J connectivity index is 2.11. The number of hydrogen-bond donors (Lipinski definition) is 0. The Morgan fingerprint density at radius 2 is 2.53 bits per heavy atom. The van der Waals surface area contributed by atoms with Crippen molar-refractivity contribution in [1.29, 1.82) is 0 Å². The number of piperidine rings is 1. The molecule has 4 nitrogen and oxygen atoms in total. The summed E-state index contributed by atoms with van der Waals surface area (Å²) in [4.78, 5) is 18.1. The van der Waals surface area contributed by atoms with E-state index >= 15 is 0 Å². The predicted molar refractivity (Wildman–Crippen MR) is 59.1 cm³/mol. The van der Waals surface area contributed by atoms with E-state index in [9.17, 15) is 4.79 Å². The van der Waals surface area contributed by atoms with Gasteiger partial charge in [0.1, 0.15) is 0 Å².